The van der Waals surface area contributed by atoms with Crippen LogP contribution >= 0.6 is 0 Å². The van der Waals surface area contributed by atoms with Gasteiger partial charge in [-0.25, -0.2) is 0 Å². The summed E-state index contributed by atoms with van der Waals surface area (Å²) >= 11 is 0. The molecule has 0 radical (unpaired) electrons. The second-order valence-electron chi connectivity index (χ2n) is 11.4. The minimum Gasteiger partial charge on any atom is -0.462 e. The van der Waals surface area contributed by atoms with Crippen LogP contribution in [0, 0.1) is 0 Å². The molecule has 0 aliphatic rings. The molecule has 2 aromatic rings. The number of esters is 1. The molecule has 2 rings (SSSR count). The Morgan fingerprint density at radius 3 is 1.69 bits per heavy atom. The quantitative estimate of drug-likeness (QED) is 0.0967. The Labute approximate surface area is 257 Å². The lowest BCUT2D eigenvalue weighted by molar-refractivity contribution is -0.139. The fraction of sp³-hybridized carbons (Fsp3) is 0.559. The summed E-state index contributed by atoms with van der Waals surface area (Å²) in [6.07, 6.45) is 6.74. The van der Waals surface area contributed by atoms with Gasteiger partial charge in [-0.2, -0.15) is 0 Å². The highest BCUT2D eigenvalue weighted by atomic mass is 28.4. The standard InChI is InChI=1S/C34H54O6Si2/c1-9-13-14-21-26-32(33(27-28-36-29(5)35)42(37-10-2,38-11-3)39-12-4)40-41(34(6,7)8,30-22-17-15-18-23-30)31-24-19-16-20-25-31/h15-20,22-25,27,32H,9-14,21,26,28H2,1-8H3/b33-27-. The molecule has 0 heterocycles. The normalized spacial score (nSPS) is 13.7. The highest BCUT2D eigenvalue weighted by Crippen LogP contribution is 2.40. The van der Waals surface area contributed by atoms with Gasteiger partial charge >= 0.3 is 14.8 Å². The summed E-state index contributed by atoms with van der Waals surface area (Å²) in [5.41, 5.74) is 0. The third-order valence-electron chi connectivity index (χ3n) is 7.35. The van der Waals surface area contributed by atoms with E-state index in [1.807, 2.05) is 26.8 Å². The molecule has 8 heteroatoms. The maximum absolute atomic E-state index is 11.8. The van der Waals surface area contributed by atoms with E-state index in [1.54, 1.807) is 0 Å². The number of hydrogen-bond acceptors (Lipinski definition) is 6. The van der Waals surface area contributed by atoms with Gasteiger partial charge in [0.05, 0.1) is 6.10 Å². The molecule has 0 amide bonds. The molecule has 0 aliphatic carbocycles. The Morgan fingerprint density at radius 1 is 0.786 bits per heavy atom. The topological polar surface area (TPSA) is 63.2 Å². The first-order valence-corrected chi connectivity index (χ1v) is 19.3. The van der Waals surface area contributed by atoms with Crippen LogP contribution in [0.1, 0.15) is 87.5 Å². The van der Waals surface area contributed by atoms with Crippen molar-refractivity contribution in [3.8, 4) is 0 Å². The molecule has 6 nitrogen and oxygen atoms in total. The molecule has 0 saturated carbocycles. The number of unbranched alkanes of at least 4 members (excludes halogenated alkanes) is 3. The Morgan fingerprint density at radius 2 is 1.29 bits per heavy atom. The first kappa shape index (κ1) is 36.1. The van der Waals surface area contributed by atoms with Crippen LogP contribution in [-0.4, -0.2) is 55.6 Å². The van der Waals surface area contributed by atoms with E-state index in [-0.39, 0.29) is 23.7 Å². The monoisotopic (exact) mass is 614 g/mol. The number of hydrogen-bond donors (Lipinski definition) is 0. The summed E-state index contributed by atoms with van der Waals surface area (Å²) in [6, 6.07) is 21.3. The van der Waals surface area contributed by atoms with Crippen molar-refractivity contribution in [2.45, 2.75) is 98.6 Å². The number of carbonyl (C=O) groups is 1. The van der Waals surface area contributed by atoms with Crippen LogP contribution in [0.4, 0.5) is 0 Å². The van der Waals surface area contributed by atoms with E-state index in [0.717, 1.165) is 37.3 Å². The molecule has 1 atom stereocenters. The number of ether oxygens (including phenoxy) is 1. The average Bonchev–Trinajstić information content (AvgIpc) is 2.96. The second kappa shape index (κ2) is 17.9. The van der Waals surface area contributed by atoms with Crippen LogP contribution in [0.15, 0.2) is 71.9 Å². The van der Waals surface area contributed by atoms with Gasteiger partial charge in [0.25, 0.3) is 8.32 Å². The third kappa shape index (κ3) is 9.46. The minimum atomic E-state index is -3.42. The second-order valence-corrected chi connectivity index (χ2v) is 18.2. The van der Waals surface area contributed by atoms with Crippen LogP contribution < -0.4 is 10.4 Å². The van der Waals surface area contributed by atoms with E-state index in [2.05, 4.69) is 88.4 Å². The first-order valence-electron chi connectivity index (χ1n) is 15.7. The predicted octanol–water partition coefficient (Wildman–Crippen LogP) is 6.98. The van der Waals surface area contributed by atoms with Crippen molar-refractivity contribution < 1.29 is 27.2 Å². The van der Waals surface area contributed by atoms with Crippen LogP contribution in [0.2, 0.25) is 5.04 Å². The summed E-state index contributed by atoms with van der Waals surface area (Å²) in [5.74, 6) is -0.338. The molecule has 1 unspecified atom stereocenters. The Hall–Kier alpha value is -2.08. The van der Waals surface area contributed by atoms with Crippen LogP contribution in [0.5, 0.6) is 0 Å². The zero-order valence-corrected chi connectivity index (χ0v) is 29.2. The van der Waals surface area contributed by atoms with Crippen molar-refractivity contribution in [1.82, 2.24) is 0 Å². The van der Waals surface area contributed by atoms with Crippen molar-refractivity contribution >= 4 is 33.5 Å². The molecule has 2 aromatic carbocycles. The summed E-state index contributed by atoms with van der Waals surface area (Å²) in [6.45, 7) is 17.8. The van der Waals surface area contributed by atoms with Gasteiger partial charge in [-0.15, -0.1) is 0 Å². The Kier molecular flexibility index (Phi) is 15.4. The highest BCUT2D eigenvalue weighted by Gasteiger charge is 2.55. The molecule has 42 heavy (non-hydrogen) atoms. The smallest absolute Gasteiger partial charge is 0.462 e. The molecule has 0 aliphatic heterocycles. The minimum absolute atomic E-state index is 0.0994. The van der Waals surface area contributed by atoms with Gasteiger partial charge in [-0.1, -0.05) is 114 Å². The van der Waals surface area contributed by atoms with Crippen molar-refractivity contribution in [1.29, 1.82) is 0 Å². The molecule has 0 fully saturated rings. The fourth-order valence-corrected chi connectivity index (χ4v) is 13.2. The van der Waals surface area contributed by atoms with Gasteiger partial charge in [0, 0.05) is 31.9 Å². The fourth-order valence-electron chi connectivity index (χ4n) is 5.59. The Balaban J connectivity index is 2.88. The zero-order chi connectivity index (χ0) is 31.1. The molecule has 0 spiro atoms. The number of carbonyl (C=O) groups excluding carboxylic acids is 1. The van der Waals surface area contributed by atoms with Crippen molar-refractivity contribution in [3.05, 3.63) is 71.9 Å². The molecular weight excluding hydrogens is 561 g/mol. The molecule has 0 bridgehead atoms. The van der Waals surface area contributed by atoms with Gasteiger partial charge in [0.1, 0.15) is 6.61 Å². The lowest BCUT2D eigenvalue weighted by Gasteiger charge is -2.46. The lowest BCUT2D eigenvalue weighted by Crippen LogP contribution is -2.68. The Bertz CT molecular complexity index is 1010. The highest BCUT2D eigenvalue weighted by molar-refractivity contribution is 6.99. The van der Waals surface area contributed by atoms with E-state index in [4.69, 9.17) is 22.4 Å². The zero-order valence-electron chi connectivity index (χ0n) is 27.2. The largest absolute Gasteiger partial charge is 0.535 e. The van der Waals surface area contributed by atoms with Gasteiger partial charge in [-0.05, 0) is 48.7 Å². The maximum Gasteiger partial charge on any atom is 0.535 e. The van der Waals surface area contributed by atoms with Gasteiger partial charge in [-0.3, -0.25) is 4.79 Å². The molecule has 0 aromatic heterocycles. The van der Waals surface area contributed by atoms with E-state index in [0.29, 0.717) is 19.8 Å². The molecule has 0 N–H and O–H groups in total. The van der Waals surface area contributed by atoms with Gasteiger partial charge < -0.3 is 22.4 Å². The average molecular weight is 615 g/mol. The molecule has 234 valence electrons. The van der Waals surface area contributed by atoms with Gasteiger partial charge in [0.2, 0.25) is 0 Å². The SMILES string of the molecule is CCCCCCC(O[Si](c1ccccc1)(c1ccccc1)C(C)(C)C)/C(=C/COC(C)=O)[Si](OCC)(OCC)OCC. The van der Waals surface area contributed by atoms with E-state index in [9.17, 15) is 4.79 Å². The molecular formula is C34H54O6Si2. The van der Waals surface area contributed by atoms with E-state index < -0.39 is 17.1 Å². The van der Waals surface area contributed by atoms with Crippen LogP contribution in [-0.2, 0) is 27.2 Å². The lowest BCUT2D eigenvalue weighted by atomic mass is 10.1. The predicted molar refractivity (Wildman–Crippen MR) is 177 cm³/mol. The van der Waals surface area contributed by atoms with E-state index in [1.165, 1.54) is 17.3 Å². The summed E-state index contributed by atoms with van der Waals surface area (Å²) in [7, 11) is -6.37. The molecule has 0 saturated heterocycles. The van der Waals surface area contributed by atoms with E-state index >= 15 is 0 Å². The summed E-state index contributed by atoms with van der Waals surface area (Å²) < 4.78 is 32.6. The van der Waals surface area contributed by atoms with Crippen molar-refractivity contribution in [3.63, 3.8) is 0 Å². The number of benzene rings is 2. The van der Waals surface area contributed by atoms with Crippen LogP contribution in [0.3, 0.4) is 0 Å². The maximum atomic E-state index is 11.8. The first-order chi connectivity index (χ1) is 20.1. The summed E-state index contributed by atoms with van der Waals surface area (Å²) in [4.78, 5) is 11.8. The third-order valence-corrected chi connectivity index (χ3v) is 15.6. The summed E-state index contributed by atoms with van der Waals surface area (Å²) in [5, 5.41) is 3.04. The van der Waals surface area contributed by atoms with Crippen molar-refractivity contribution in [2.24, 2.45) is 0 Å². The van der Waals surface area contributed by atoms with Crippen molar-refractivity contribution in [2.75, 3.05) is 26.4 Å². The van der Waals surface area contributed by atoms with Crippen LogP contribution in [0.25, 0.3) is 0 Å². The number of rotatable bonds is 19. The van der Waals surface area contributed by atoms with Gasteiger partial charge in [0.15, 0.2) is 0 Å².